The molecule has 1 aliphatic rings. The third-order valence-corrected chi connectivity index (χ3v) is 5.48. The molecule has 1 heterocycles. The lowest BCUT2D eigenvalue weighted by atomic mass is 9.95. The summed E-state index contributed by atoms with van der Waals surface area (Å²) in [4.78, 5) is 23.6. The van der Waals surface area contributed by atoms with Crippen molar-refractivity contribution < 1.29 is 28.5 Å². The molecule has 0 saturated carbocycles. The molecule has 5 atom stereocenters. The van der Waals surface area contributed by atoms with Gasteiger partial charge in [-0.2, -0.15) is 0 Å². The van der Waals surface area contributed by atoms with E-state index in [9.17, 15) is 9.59 Å². The quantitative estimate of drug-likeness (QED) is 0.492. The molecule has 8 heteroatoms. The molecule has 0 aromatic heterocycles. The van der Waals surface area contributed by atoms with E-state index < -0.39 is 18.2 Å². The van der Waals surface area contributed by atoms with Gasteiger partial charge in [-0.3, -0.25) is 0 Å². The zero-order valence-corrected chi connectivity index (χ0v) is 19.6. The Morgan fingerprint density at radius 1 is 1.15 bits per heavy atom. The number of cyclic esters (lactones) is 1. The molecule has 0 bridgehead atoms. The van der Waals surface area contributed by atoms with Crippen LogP contribution in [0.15, 0.2) is 48.6 Å². The molecule has 1 amide bonds. The minimum absolute atomic E-state index is 0.0821. The average Bonchev–Trinajstić information content (AvgIpc) is 2.76. The smallest absolute Gasteiger partial charge is 0.404 e. The van der Waals surface area contributed by atoms with Gasteiger partial charge in [-0.1, -0.05) is 44.2 Å². The Bertz CT molecular complexity index is 808. The van der Waals surface area contributed by atoms with E-state index in [0.29, 0.717) is 25.9 Å². The van der Waals surface area contributed by atoms with E-state index in [1.165, 1.54) is 6.08 Å². The summed E-state index contributed by atoms with van der Waals surface area (Å²) in [6.07, 6.45) is 6.93. The molecule has 0 saturated heterocycles. The van der Waals surface area contributed by atoms with E-state index in [1.807, 2.05) is 50.3 Å². The maximum atomic E-state index is 12.4. The second-order valence-corrected chi connectivity index (χ2v) is 8.49. The molecule has 0 aliphatic carbocycles. The number of hydrogen-bond donors (Lipinski definition) is 2. The minimum atomic E-state index is -0.814. The molecule has 33 heavy (non-hydrogen) atoms. The molecule has 182 valence electrons. The molecule has 1 aromatic rings. The summed E-state index contributed by atoms with van der Waals surface area (Å²) in [6, 6.07) is 7.33. The van der Waals surface area contributed by atoms with Crippen LogP contribution in [0.5, 0.6) is 5.75 Å². The summed E-state index contributed by atoms with van der Waals surface area (Å²) in [5.74, 6) is 0.359. The lowest BCUT2D eigenvalue weighted by molar-refractivity contribution is -0.148. The largest absolute Gasteiger partial charge is 0.497 e. The van der Waals surface area contributed by atoms with E-state index in [2.05, 4.69) is 0 Å². The number of rotatable bonds is 6. The Hall–Kier alpha value is -2.84. The summed E-state index contributed by atoms with van der Waals surface area (Å²) in [5, 5.41) is 0. The fourth-order valence-electron chi connectivity index (χ4n) is 3.61. The van der Waals surface area contributed by atoms with Crippen LogP contribution in [0.1, 0.15) is 38.7 Å². The number of methoxy groups -OCH3 is 1. The molecule has 0 radical (unpaired) electrons. The number of hydrogen-bond acceptors (Lipinski definition) is 7. The number of carbonyl (C=O) groups is 2. The van der Waals surface area contributed by atoms with E-state index in [4.69, 9.17) is 30.4 Å². The van der Waals surface area contributed by atoms with Crippen LogP contribution in [0.4, 0.5) is 4.79 Å². The Labute approximate surface area is 195 Å². The van der Waals surface area contributed by atoms with Gasteiger partial charge in [0.15, 0.2) is 0 Å². The van der Waals surface area contributed by atoms with Gasteiger partial charge in [0.1, 0.15) is 18.0 Å². The minimum Gasteiger partial charge on any atom is -0.497 e. The summed E-state index contributed by atoms with van der Waals surface area (Å²) in [7, 11) is 1.62. The zero-order chi connectivity index (χ0) is 24.2. The first-order valence-electron chi connectivity index (χ1n) is 11.2. The van der Waals surface area contributed by atoms with Gasteiger partial charge in [-0.15, -0.1) is 0 Å². The third kappa shape index (κ3) is 10.1. The molecule has 0 spiro atoms. The lowest BCUT2D eigenvalue weighted by Crippen LogP contribution is -2.32. The Kier molecular flexibility index (Phi) is 10.9. The summed E-state index contributed by atoms with van der Waals surface area (Å²) in [5.41, 5.74) is 12.4. The zero-order valence-electron chi connectivity index (χ0n) is 19.6. The van der Waals surface area contributed by atoms with Gasteiger partial charge >= 0.3 is 12.1 Å². The highest BCUT2D eigenvalue weighted by molar-refractivity contribution is 5.82. The molecule has 8 nitrogen and oxygen atoms in total. The first kappa shape index (κ1) is 26.4. The van der Waals surface area contributed by atoms with Crippen LogP contribution in [-0.2, 0) is 25.6 Å². The van der Waals surface area contributed by atoms with E-state index in [-0.39, 0.29) is 30.6 Å². The van der Waals surface area contributed by atoms with Crippen LogP contribution in [0.2, 0.25) is 0 Å². The molecule has 1 aliphatic heterocycles. The maximum Gasteiger partial charge on any atom is 0.404 e. The molecular formula is C25H36N2O6. The number of nitrogens with two attached hydrogens (primary N) is 2. The summed E-state index contributed by atoms with van der Waals surface area (Å²) < 4.78 is 22.0. The highest BCUT2D eigenvalue weighted by atomic mass is 16.6. The van der Waals surface area contributed by atoms with Gasteiger partial charge in [0.25, 0.3) is 0 Å². The maximum absolute atomic E-state index is 12.4. The second-order valence-electron chi connectivity index (χ2n) is 8.49. The molecule has 2 rings (SSSR count). The lowest BCUT2D eigenvalue weighted by Gasteiger charge is -2.24. The van der Waals surface area contributed by atoms with Gasteiger partial charge in [-0.25, -0.2) is 9.59 Å². The van der Waals surface area contributed by atoms with Crippen molar-refractivity contribution in [3.05, 3.63) is 54.1 Å². The van der Waals surface area contributed by atoms with E-state index >= 15 is 0 Å². The topological polar surface area (TPSA) is 123 Å². The van der Waals surface area contributed by atoms with Crippen LogP contribution in [0.25, 0.3) is 0 Å². The van der Waals surface area contributed by atoms with Crippen molar-refractivity contribution >= 4 is 12.1 Å². The summed E-state index contributed by atoms with van der Waals surface area (Å²) >= 11 is 0. The molecule has 0 unspecified atom stereocenters. The number of ether oxygens (including phenoxy) is 4. The third-order valence-electron chi connectivity index (χ3n) is 5.48. The predicted octanol–water partition coefficient (Wildman–Crippen LogP) is 3.48. The van der Waals surface area contributed by atoms with E-state index in [1.54, 1.807) is 13.2 Å². The molecule has 4 N–H and O–H groups in total. The fraction of sp³-hybridized carbons (Fsp3) is 0.520. The highest BCUT2D eigenvalue weighted by Gasteiger charge is 2.22. The summed E-state index contributed by atoms with van der Waals surface area (Å²) in [6.45, 7) is 4.64. The Morgan fingerprint density at radius 2 is 1.88 bits per heavy atom. The van der Waals surface area contributed by atoms with Crippen molar-refractivity contribution in [2.75, 3.05) is 13.7 Å². The van der Waals surface area contributed by atoms with Crippen LogP contribution < -0.4 is 16.2 Å². The number of amides is 1. The van der Waals surface area contributed by atoms with Crippen LogP contribution >= 0.6 is 0 Å². The molecule has 1 aromatic carbocycles. The van der Waals surface area contributed by atoms with Crippen molar-refractivity contribution in [1.82, 2.24) is 0 Å². The Morgan fingerprint density at radius 3 is 2.55 bits per heavy atom. The van der Waals surface area contributed by atoms with Gasteiger partial charge < -0.3 is 30.4 Å². The van der Waals surface area contributed by atoms with Gasteiger partial charge in [0.05, 0.1) is 20.3 Å². The van der Waals surface area contributed by atoms with Crippen molar-refractivity contribution in [2.24, 2.45) is 23.3 Å². The predicted molar refractivity (Wildman–Crippen MR) is 125 cm³/mol. The standard InChI is InChI=1S/C25H36N2O6/c1-17-7-8-18(2)23(16-31-15-19-9-11-21(30-3)12-10-19)33-24(28)6-4-5-20(26)14-22(13-17)32-25(27)29/h4,6-12,17-18,20,22-23H,5,13-16,26H2,1-3H3,(H2,27,29)/b6-4-,8-7+/t17-,18-,20+,22-,23+/m1/s1. The first-order chi connectivity index (χ1) is 15.8. The molecular weight excluding hydrogens is 424 g/mol. The first-order valence-corrected chi connectivity index (χ1v) is 11.2. The number of esters is 1. The second kappa shape index (κ2) is 13.6. The monoisotopic (exact) mass is 460 g/mol. The van der Waals surface area contributed by atoms with Crippen molar-refractivity contribution in [3.63, 3.8) is 0 Å². The van der Waals surface area contributed by atoms with E-state index in [0.717, 1.165) is 11.3 Å². The van der Waals surface area contributed by atoms with Crippen LogP contribution in [-0.4, -0.2) is 44.0 Å². The van der Waals surface area contributed by atoms with Crippen LogP contribution in [0, 0.1) is 11.8 Å². The number of allylic oxidation sites excluding steroid dienone is 1. The van der Waals surface area contributed by atoms with Crippen molar-refractivity contribution in [3.8, 4) is 5.75 Å². The average molecular weight is 461 g/mol. The van der Waals surface area contributed by atoms with Crippen molar-refractivity contribution in [2.45, 2.75) is 58.0 Å². The normalized spacial score (nSPS) is 28.7. The van der Waals surface area contributed by atoms with Crippen molar-refractivity contribution in [1.29, 1.82) is 0 Å². The Balaban J connectivity index is 2.06. The highest BCUT2D eigenvalue weighted by Crippen LogP contribution is 2.20. The number of benzene rings is 1. The van der Waals surface area contributed by atoms with Crippen LogP contribution in [0.3, 0.4) is 0 Å². The SMILES string of the molecule is COc1ccc(COC[C@@H]2OC(=O)/C=C\C[C@H](N)C[C@H](OC(N)=O)C[C@H](C)/C=C/[C@H]2C)cc1. The molecule has 0 fully saturated rings. The number of carbonyl (C=O) groups excluding carboxylic acids is 2. The van der Waals surface area contributed by atoms with Gasteiger partial charge in [0, 0.05) is 18.0 Å². The number of primary amides is 1. The van der Waals surface area contributed by atoms with Gasteiger partial charge in [-0.05, 0) is 42.9 Å². The van der Waals surface area contributed by atoms with Gasteiger partial charge in [0.2, 0.25) is 0 Å². The fourth-order valence-corrected chi connectivity index (χ4v) is 3.61.